The van der Waals surface area contributed by atoms with Crippen molar-refractivity contribution in [2.24, 2.45) is 4.99 Å². The molecule has 1 aliphatic heterocycles. The van der Waals surface area contributed by atoms with E-state index in [9.17, 15) is 0 Å². The van der Waals surface area contributed by atoms with Crippen LogP contribution < -0.4 is 0 Å². The fourth-order valence-corrected chi connectivity index (χ4v) is 0.627. The zero-order chi connectivity index (χ0) is 9.40. The van der Waals surface area contributed by atoms with Crippen LogP contribution in [0.2, 0.25) is 0 Å². The Hall–Kier alpha value is -1.10. The van der Waals surface area contributed by atoms with Gasteiger partial charge in [-0.25, -0.2) is 5.06 Å². The molecule has 5 nitrogen and oxygen atoms in total. The van der Waals surface area contributed by atoms with Crippen molar-refractivity contribution in [2.45, 2.75) is 13.8 Å². The van der Waals surface area contributed by atoms with Gasteiger partial charge in [-0.15, -0.1) is 0 Å². The van der Waals surface area contributed by atoms with Crippen molar-refractivity contribution in [1.29, 1.82) is 0 Å². The van der Waals surface area contributed by atoms with Crippen LogP contribution in [0.15, 0.2) is 4.99 Å². The van der Waals surface area contributed by atoms with Crippen LogP contribution in [-0.4, -0.2) is 42.2 Å². The van der Waals surface area contributed by atoms with E-state index in [0.29, 0.717) is 0 Å². The second kappa shape index (κ2) is 6.60. The van der Waals surface area contributed by atoms with Gasteiger partial charge in [0.05, 0.1) is 19.7 Å². The topological polar surface area (TPSA) is 62.1 Å². The molecule has 0 aromatic carbocycles. The van der Waals surface area contributed by atoms with Crippen LogP contribution in [0.3, 0.4) is 0 Å². The first-order valence-corrected chi connectivity index (χ1v) is 3.75. The molecular formula is C7H14N2O3. The highest BCUT2D eigenvalue weighted by Crippen LogP contribution is 1.92. The van der Waals surface area contributed by atoms with Crippen molar-refractivity contribution in [3.8, 4) is 0 Å². The number of aliphatic carboxylic acids is 1. The van der Waals surface area contributed by atoms with Gasteiger partial charge in [-0.1, -0.05) is 0 Å². The van der Waals surface area contributed by atoms with Crippen LogP contribution in [0.4, 0.5) is 0 Å². The molecule has 0 spiro atoms. The molecule has 0 radical (unpaired) electrons. The molecule has 0 atom stereocenters. The molecule has 0 saturated heterocycles. The minimum atomic E-state index is -0.833. The van der Waals surface area contributed by atoms with Gasteiger partial charge in [0.15, 0.2) is 0 Å². The van der Waals surface area contributed by atoms with Gasteiger partial charge in [0.1, 0.15) is 6.34 Å². The highest BCUT2D eigenvalue weighted by atomic mass is 16.7. The second-order valence-electron chi connectivity index (χ2n) is 2.10. The smallest absolute Gasteiger partial charge is 0.300 e. The maximum Gasteiger partial charge on any atom is 0.300 e. The van der Waals surface area contributed by atoms with Gasteiger partial charge < -0.3 is 5.11 Å². The Bertz CT molecular complexity index is 155. The van der Waals surface area contributed by atoms with Gasteiger partial charge in [0, 0.05) is 6.92 Å². The summed E-state index contributed by atoms with van der Waals surface area (Å²) in [4.78, 5) is 18.0. The summed E-state index contributed by atoms with van der Waals surface area (Å²) in [7, 11) is 0. The van der Waals surface area contributed by atoms with E-state index in [1.54, 1.807) is 11.4 Å². The number of carboxylic acids is 1. The average Bonchev–Trinajstić information content (AvgIpc) is 2.39. The Balaban J connectivity index is 0.000000261. The van der Waals surface area contributed by atoms with Gasteiger partial charge in [0.25, 0.3) is 5.97 Å². The Morgan fingerprint density at radius 1 is 1.83 bits per heavy atom. The molecule has 12 heavy (non-hydrogen) atoms. The Morgan fingerprint density at radius 3 is 2.75 bits per heavy atom. The molecule has 0 fully saturated rings. The maximum absolute atomic E-state index is 9.00. The first-order chi connectivity index (χ1) is 5.66. The second-order valence-corrected chi connectivity index (χ2v) is 2.10. The Morgan fingerprint density at radius 2 is 2.42 bits per heavy atom. The van der Waals surface area contributed by atoms with Crippen LogP contribution >= 0.6 is 0 Å². The lowest BCUT2D eigenvalue weighted by atomic mass is 10.7. The Kier molecular flexibility index (Phi) is 6.00. The third-order valence-electron chi connectivity index (χ3n) is 0.955. The third kappa shape index (κ3) is 7.01. The van der Waals surface area contributed by atoms with Gasteiger partial charge >= 0.3 is 0 Å². The lowest BCUT2D eigenvalue weighted by molar-refractivity contribution is -0.134. The van der Waals surface area contributed by atoms with Crippen molar-refractivity contribution in [2.75, 3.05) is 19.7 Å². The van der Waals surface area contributed by atoms with Gasteiger partial charge in [-0.05, 0) is 6.92 Å². The normalized spacial score (nSPS) is 14.0. The van der Waals surface area contributed by atoms with E-state index < -0.39 is 5.97 Å². The largest absolute Gasteiger partial charge is 0.481 e. The number of carbonyl (C=O) groups is 1. The summed E-state index contributed by atoms with van der Waals surface area (Å²) in [6, 6.07) is 0. The van der Waals surface area contributed by atoms with Gasteiger partial charge in [0.2, 0.25) is 0 Å². The predicted molar refractivity (Wildman–Crippen MR) is 45.0 cm³/mol. The Labute approximate surface area is 71.6 Å². The highest BCUT2D eigenvalue weighted by molar-refractivity contribution is 5.62. The van der Waals surface area contributed by atoms with Crippen molar-refractivity contribution in [3.05, 3.63) is 0 Å². The summed E-state index contributed by atoms with van der Waals surface area (Å²) >= 11 is 0. The maximum atomic E-state index is 9.00. The minimum Gasteiger partial charge on any atom is -0.481 e. The molecule has 0 unspecified atom stereocenters. The highest BCUT2D eigenvalue weighted by Gasteiger charge is 2.02. The lowest BCUT2D eigenvalue weighted by Gasteiger charge is -2.10. The average molecular weight is 174 g/mol. The molecule has 0 bridgehead atoms. The number of hydrogen-bond donors (Lipinski definition) is 1. The van der Waals surface area contributed by atoms with Crippen LogP contribution in [0.1, 0.15) is 13.8 Å². The molecule has 1 heterocycles. The summed E-state index contributed by atoms with van der Waals surface area (Å²) in [6.07, 6.45) is 1.73. The van der Waals surface area contributed by atoms with Gasteiger partial charge in [-0.3, -0.25) is 14.6 Å². The number of nitrogens with zero attached hydrogens (tertiary/aromatic N) is 2. The van der Waals surface area contributed by atoms with Crippen molar-refractivity contribution in [3.63, 3.8) is 0 Å². The van der Waals surface area contributed by atoms with E-state index >= 15 is 0 Å². The molecule has 1 rings (SSSR count). The molecule has 0 aliphatic carbocycles. The molecule has 5 heteroatoms. The number of carboxylic acid groups (broad SMARTS) is 1. The summed E-state index contributed by atoms with van der Waals surface area (Å²) < 4.78 is 0. The van der Waals surface area contributed by atoms with Crippen molar-refractivity contribution >= 4 is 12.3 Å². The van der Waals surface area contributed by atoms with E-state index in [-0.39, 0.29) is 0 Å². The molecule has 0 amide bonds. The fraction of sp³-hybridized carbons (Fsp3) is 0.714. The minimum absolute atomic E-state index is 0.728. The number of aliphatic imine (C=N–C) groups is 1. The van der Waals surface area contributed by atoms with Crippen LogP contribution in [0, 0.1) is 0 Å². The first-order valence-electron chi connectivity index (χ1n) is 3.75. The monoisotopic (exact) mass is 174 g/mol. The standard InChI is InChI=1S/C5H10N2O.C2H4O2/c1-2-8-7-4-3-6-5-7;1-2(3)4/h5H,2-4H2,1H3;1H3,(H,3,4). The van der Waals surface area contributed by atoms with Crippen LogP contribution in [0.25, 0.3) is 0 Å². The SMILES string of the molecule is CC(=O)O.CCON1C=NCC1. The summed E-state index contributed by atoms with van der Waals surface area (Å²) in [5.74, 6) is -0.833. The van der Waals surface area contributed by atoms with E-state index in [1.165, 1.54) is 0 Å². The summed E-state index contributed by atoms with van der Waals surface area (Å²) in [5.41, 5.74) is 0. The first kappa shape index (κ1) is 10.9. The van der Waals surface area contributed by atoms with E-state index in [0.717, 1.165) is 26.6 Å². The molecule has 1 N–H and O–H groups in total. The van der Waals surface area contributed by atoms with Crippen molar-refractivity contribution < 1.29 is 14.7 Å². The summed E-state index contributed by atoms with van der Waals surface area (Å²) in [5, 5.41) is 9.17. The van der Waals surface area contributed by atoms with E-state index in [1.807, 2.05) is 6.92 Å². The van der Waals surface area contributed by atoms with E-state index in [4.69, 9.17) is 14.7 Å². The lowest BCUT2D eigenvalue weighted by Crippen LogP contribution is -2.19. The summed E-state index contributed by atoms with van der Waals surface area (Å²) in [6.45, 7) is 5.56. The number of rotatable bonds is 2. The van der Waals surface area contributed by atoms with Crippen LogP contribution in [-0.2, 0) is 9.63 Å². The fourth-order valence-electron chi connectivity index (χ4n) is 0.627. The zero-order valence-electron chi connectivity index (χ0n) is 7.36. The van der Waals surface area contributed by atoms with Crippen molar-refractivity contribution in [1.82, 2.24) is 5.06 Å². The third-order valence-corrected chi connectivity index (χ3v) is 0.955. The van der Waals surface area contributed by atoms with E-state index in [2.05, 4.69) is 4.99 Å². The molecule has 0 aromatic heterocycles. The predicted octanol–water partition coefficient (Wildman–Crippen LogP) is 0.373. The molecular weight excluding hydrogens is 160 g/mol. The molecule has 0 saturated carbocycles. The molecule has 70 valence electrons. The van der Waals surface area contributed by atoms with Gasteiger partial charge in [-0.2, -0.15) is 0 Å². The zero-order valence-corrected chi connectivity index (χ0v) is 7.36. The number of hydroxylamine groups is 2. The molecule has 0 aromatic rings. The molecule has 1 aliphatic rings. The quantitative estimate of drug-likeness (QED) is 0.657. The number of hydrogen-bond acceptors (Lipinski definition) is 4. The van der Waals surface area contributed by atoms with Crippen LogP contribution in [0.5, 0.6) is 0 Å².